The molecule has 252 valence electrons. The lowest BCUT2D eigenvalue weighted by atomic mass is 10.1. The van der Waals surface area contributed by atoms with Crippen molar-refractivity contribution in [3.63, 3.8) is 0 Å². The second-order valence-corrected chi connectivity index (χ2v) is 11.6. The van der Waals surface area contributed by atoms with E-state index in [0.717, 1.165) is 24.5 Å². The number of halogens is 1. The number of hydrogen-bond donors (Lipinski definition) is 5. The SMILES string of the molecule is C=CC(=O)Nc1cccc(-c2nc(Nc3cccc(N4CCOCC4)c3)nc3n[nH]c(C(O)Nc4ccc(N5CCOCC5)c(F)c4)c23)c1. The van der Waals surface area contributed by atoms with Gasteiger partial charge in [-0.2, -0.15) is 10.1 Å². The molecular formula is C35H36FN9O4. The summed E-state index contributed by atoms with van der Waals surface area (Å²) in [6, 6.07) is 19.9. The number of nitrogens with one attached hydrogen (secondary N) is 4. The van der Waals surface area contributed by atoms with Gasteiger partial charge in [-0.15, -0.1) is 0 Å². The zero-order valence-corrected chi connectivity index (χ0v) is 26.7. The van der Waals surface area contributed by atoms with Gasteiger partial charge in [-0.05, 0) is 54.6 Å². The summed E-state index contributed by atoms with van der Waals surface area (Å²) in [4.78, 5) is 25.8. The van der Waals surface area contributed by atoms with E-state index in [1.54, 1.807) is 30.3 Å². The Morgan fingerprint density at radius 1 is 0.918 bits per heavy atom. The molecule has 5 aromatic rings. The Kier molecular flexibility index (Phi) is 9.32. The predicted molar refractivity (Wildman–Crippen MR) is 187 cm³/mol. The van der Waals surface area contributed by atoms with Crippen molar-refractivity contribution >= 4 is 51.3 Å². The molecule has 0 bridgehead atoms. The number of aromatic amines is 1. The number of anilines is 6. The van der Waals surface area contributed by atoms with Crippen molar-refractivity contribution in [2.45, 2.75) is 6.23 Å². The quantitative estimate of drug-likeness (QED) is 0.103. The molecule has 0 radical (unpaired) electrons. The zero-order valence-electron chi connectivity index (χ0n) is 26.7. The number of fused-ring (bicyclic) bond motifs is 1. The standard InChI is InChI=1S/C35H36FN9O4/c1-2-29(46)37-23-6-3-5-22(19-23)31-30-32(34(47)38-25-9-10-28(27(36)21-25)45-13-17-49-18-14-45)42-43-33(30)41-35(40-31)39-24-7-4-8-26(20-24)44-11-15-48-16-12-44/h2-10,19-21,34,38,47H,1,11-18H2,(H,37,46)(H2,39,40,41,42,43). The fourth-order valence-corrected chi connectivity index (χ4v) is 5.97. The van der Waals surface area contributed by atoms with E-state index in [0.29, 0.717) is 78.9 Å². The summed E-state index contributed by atoms with van der Waals surface area (Å²) in [5, 5.41) is 28.3. The van der Waals surface area contributed by atoms with Crippen LogP contribution in [0, 0.1) is 5.82 Å². The molecule has 3 aromatic carbocycles. The highest BCUT2D eigenvalue weighted by Crippen LogP contribution is 2.34. The maximum Gasteiger partial charge on any atom is 0.247 e. The Morgan fingerprint density at radius 2 is 1.65 bits per heavy atom. The van der Waals surface area contributed by atoms with Crippen LogP contribution in [0.3, 0.4) is 0 Å². The summed E-state index contributed by atoms with van der Waals surface area (Å²) in [5.74, 6) is -0.490. The molecule has 5 N–H and O–H groups in total. The number of aliphatic hydroxyl groups is 1. The number of carbonyl (C=O) groups excluding carboxylic acids is 1. The van der Waals surface area contributed by atoms with Crippen molar-refractivity contribution in [1.82, 2.24) is 20.2 Å². The van der Waals surface area contributed by atoms with E-state index in [-0.39, 0.29) is 17.5 Å². The molecule has 0 aliphatic carbocycles. The van der Waals surface area contributed by atoms with Crippen LogP contribution in [-0.2, 0) is 14.3 Å². The highest BCUT2D eigenvalue weighted by atomic mass is 19.1. The van der Waals surface area contributed by atoms with Gasteiger partial charge >= 0.3 is 0 Å². The van der Waals surface area contributed by atoms with Crippen LogP contribution in [0.2, 0.25) is 0 Å². The molecular weight excluding hydrogens is 629 g/mol. The molecule has 2 aromatic heterocycles. The number of carbonyl (C=O) groups is 1. The van der Waals surface area contributed by atoms with Crippen molar-refractivity contribution in [2.24, 2.45) is 0 Å². The van der Waals surface area contributed by atoms with Gasteiger partial charge in [0.05, 0.1) is 48.9 Å². The van der Waals surface area contributed by atoms with Crippen molar-refractivity contribution in [3.05, 3.63) is 90.9 Å². The minimum absolute atomic E-state index is 0.281. The summed E-state index contributed by atoms with van der Waals surface area (Å²) in [7, 11) is 0. The molecule has 1 amide bonds. The number of nitrogens with zero attached hydrogens (tertiary/aromatic N) is 5. The van der Waals surface area contributed by atoms with Crippen LogP contribution in [0.25, 0.3) is 22.3 Å². The van der Waals surface area contributed by atoms with Gasteiger partial charge in [0, 0.05) is 54.5 Å². The number of amides is 1. The van der Waals surface area contributed by atoms with E-state index in [1.807, 2.05) is 35.2 Å². The van der Waals surface area contributed by atoms with E-state index < -0.39 is 12.0 Å². The number of rotatable bonds is 10. The monoisotopic (exact) mass is 665 g/mol. The number of benzene rings is 3. The van der Waals surface area contributed by atoms with Gasteiger partial charge in [-0.25, -0.2) is 9.37 Å². The van der Waals surface area contributed by atoms with Crippen molar-refractivity contribution in [2.75, 3.05) is 78.4 Å². The van der Waals surface area contributed by atoms with Gasteiger partial charge in [-0.3, -0.25) is 9.89 Å². The molecule has 2 saturated heterocycles. The lowest BCUT2D eigenvalue weighted by Crippen LogP contribution is -2.36. The van der Waals surface area contributed by atoms with E-state index in [1.165, 1.54) is 12.1 Å². The van der Waals surface area contributed by atoms with E-state index in [4.69, 9.17) is 14.5 Å². The molecule has 14 heteroatoms. The van der Waals surface area contributed by atoms with E-state index >= 15 is 4.39 Å². The second-order valence-electron chi connectivity index (χ2n) is 11.6. The smallest absolute Gasteiger partial charge is 0.247 e. The van der Waals surface area contributed by atoms with Crippen molar-refractivity contribution < 1.29 is 23.8 Å². The third-order valence-corrected chi connectivity index (χ3v) is 8.39. The van der Waals surface area contributed by atoms with Gasteiger partial charge in [-0.1, -0.05) is 24.8 Å². The maximum absolute atomic E-state index is 15.2. The lowest BCUT2D eigenvalue weighted by molar-refractivity contribution is -0.111. The highest BCUT2D eigenvalue weighted by Gasteiger charge is 2.23. The molecule has 1 atom stereocenters. The zero-order chi connectivity index (χ0) is 33.7. The second kappa shape index (κ2) is 14.3. The number of aliphatic hydroxyl groups excluding tert-OH is 1. The summed E-state index contributed by atoms with van der Waals surface area (Å²) >= 11 is 0. The summed E-state index contributed by atoms with van der Waals surface area (Å²) < 4.78 is 26.1. The maximum atomic E-state index is 15.2. The van der Waals surface area contributed by atoms with Crippen LogP contribution in [0.4, 0.5) is 38.8 Å². The first kappa shape index (κ1) is 32.0. The molecule has 4 heterocycles. The topological polar surface area (TPSA) is 153 Å². The van der Waals surface area contributed by atoms with Crippen molar-refractivity contribution in [3.8, 4) is 11.3 Å². The largest absolute Gasteiger partial charge is 0.378 e. The van der Waals surface area contributed by atoms with Gasteiger partial charge in [0.25, 0.3) is 0 Å². The fourth-order valence-electron chi connectivity index (χ4n) is 5.97. The molecule has 0 saturated carbocycles. The normalized spacial score (nSPS) is 15.6. The van der Waals surface area contributed by atoms with Crippen LogP contribution in [0.15, 0.2) is 79.4 Å². The summed E-state index contributed by atoms with van der Waals surface area (Å²) in [6.45, 7) is 8.75. The molecule has 0 spiro atoms. The van der Waals surface area contributed by atoms with Gasteiger partial charge in [0.15, 0.2) is 11.9 Å². The van der Waals surface area contributed by atoms with Crippen LogP contribution in [0.5, 0.6) is 0 Å². The molecule has 2 aliphatic rings. The third kappa shape index (κ3) is 7.16. The van der Waals surface area contributed by atoms with Gasteiger partial charge in [0.1, 0.15) is 5.82 Å². The first-order chi connectivity index (χ1) is 23.9. The van der Waals surface area contributed by atoms with E-state index in [2.05, 4.69) is 42.6 Å². The fraction of sp³-hybridized carbons (Fsp3) is 0.257. The van der Waals surface area contributed by atoms with Crippen LogP contribution in [0.1, 0.15) is 11.9 Å². The number of ether oxygens (including phenoxy) is 2. The first-order valence-electron chi connectivity index (χ1n) is 16.0. The van der Waals surface area contributed by atoms with E-state index in [9.17, 15) is 9.90 Å². The first-order valence-corrected chi connectivity index (χ1v) is 16.0. The Morgan fingerprint density at radius 3 is 2.41 bits per heavy atom. The number of H-pyrrole nitrogens is 1. The molecule has 2 aliphatic heterocycles. The number of morpholine rings is 2. The highest BCUT2D eigenvalue weighted by molar-refractivity contribution is 6.00. The molecule has 49 heavy (non-hydrogen) atoms. The average Bonchev–Trinajstić information content (AvgIpc) is 3.56. The Balaban J connectivity index is 1.23. The van der Waals surface area contributed by atoms with Crippen molar-refractivity contribution in [1.29, 1.82) is 0 Å². The Labute approximate surface area is 281 Å². The van der Waals surface area contributed by atoms with Crippen LogP contribution in [-0.4, -0.2) is 83.8 Å². The molecule has 2 fully saturated rings. The lowest BCUT2D eigenvalue weighted by Gasteiger charge is -2.29. The number of hydrogen-bond acceptors (Lipinski definition) is 11. The minimum Gasteiger partial charge on any atom is -0.378 e. The Hall–Kier alpha value is -5.57. The minimum atomic E-state index is -1.33. The van der Waals surface area contributed by atoms with Gasteiger partial charge < -0.3 is 40.3 Å². The third-order valence-electron chi connectivity index (χ3n) is 8.39. The van der Waals surface area contributed by atoms with Gasteiger partial charge in [0.2, 0.25) is 11.9 Å². The predicted octanol–water partition coefficient (Wildman–Crippen LogP) is 4.80. The summed E-state index contributed by atoms with van der Waals surface area (Å²) in [6.07, 6.45) is -0.136. The number of aromatic nitrogens is 4. The molecule has 1 unspecified atom stereocenters. The molecule has 13 nitrogen and oxygen atoms in total. The van der Waals surface area contributed by atoms with Crippen LogP contribution < -0.4 is 25.8 Å². The Bertz CT molecular complexity index is 1970. The molecule has 7 rings (SSSR count). The summed E-state index contributed by atoms with van der Waals surface area (Å²) in [5.41, 5.74) is 4.87. The average molecular weight is 666 g/mol. The van der Waals surface area contributed by atoms with Crippen LogP contribution >= 0.6 is 0 Å².